The maximum atomic E-state index is 13.2. The van der Waals surface area contributed by atoms with Crippen LogP contribution in [-0.4, -0.2) is 18.4 Å². The zero-order chi connectivity index (χ0) is 12.8. The lowest BCUT2D eigenvalue weighted by molar-refractivity contribution is -0.142. The second kappa shape index (κ2) is 6.08. The molecule has 5 heteroatoms. The Bertz CT molecular complexity index is 430. The van der Waals surface area contributed by atoms with Crippen molar-refractivity contribution in [1.29, 1.82) is 0 Å². The van der Waals surface area contributed by atoms with Crippen molar-refractivity contribution in [2.45, 2.75) is 19.8 Å². The Kier molecular flexibility index (Phi) is 4.75. The van der Waals surface area contributed by atoms with Crippen molar-refractivity contribution < 1.29 is 23.1 Å². The molecule has 0 amide bonds. The second-order valence-corrected chi connectivity index (χ2v) is 3.44. The summed E-state index contributed by atoms with van der Waals surface area (Å²) in [5.74, 6) is -3.10. The Morgan fingerprint density at radius 1 is 1.29 bits per heavy atom. The topological polar surface area (TPSA) is 43.4 Å². The van der Waals surface area contributed by atoms with Gasteiger partial charge in [-0.25, -0.2) is 8.78 Å². The van der Waals surface area contributed by atoms with Gasteiger partial charge in [-0.1, -0.05) is 6.92 Å². The lowest BCUT2D eigenvalue weighted by Gasteiger charge is -2.03. The van der Waals surface area contributed by atoms with Crippen LogP contribution in [-0.2, 0) is 9.53 Å². The molecule has 0 unspecified atom stereocenters. The summed E-state index contributed by atoms with van der Waals surface area (Å²) >= 11 is 0. The first kappa shape index (κ1) is 13.3. The van der Waals surface area contributed by atoms with Crippen LogP contribution in [0.4, 0.5) is 8.78 Å². The van der Waals surface area contributed by atoms with Crippen LogP contribution in [0.2, 0.25) is 0 Å². The van der Waals surface area contributed by atoms with Crippen LogP contribution in [0.3, 0.4) is 0 Å². The third-order valence-corrected chi connectivity index (χ3v) is 2.00. The van der Waals surface area contributed by atoms with E-state index in [-0.39, 0.29) is 6.61 Å². The minimum absolute atomic E-state index is 0.206. The summed E-state index contributed by atoms with van der Waals surface area (Å²) in [5, 5.41) is 0. The number of esters is 1. The van der Waals surface area contributed by atoms with Gasteiger partial charge < -0.3 is 4.74 Å². The van der Waals surface area contributed by atoms with Crippen molar-refractivity contribution in [2.24, 2.45) is 0 Å². The first-order valence-corrected chi connectivity index (χ1v) is 5.18. The molecule has 1 aromatic carbocycles. The van der Waals surface area contributed by atoms with E-state index < -0.39 is 35.4 Å². The Morgan fingerprint density at radius 2 is 2.00 bits per heavy atom. The van der Waals surface area contributed by atoms with Gasteiger partial charge in [0.1, 0.15) is 18.1 Å². The number of Topliss-reactive ketones (excluding diaryl/α,β-unsaturated/α-hetero) is 1. The van der Waals surface area contributed by atoms with E-state index in [1.54, 1.807) is 6.92 Å². The van der Waals surface area contributed by atoms with E-state index in [4.69, 9.17) is 0 Å². The van der Waals surface area contributed by atoms with E-state index in [0.717, 1.165) is 18.2 Å². The summed E-state index contributed by atoms with van der Waals surface area (Å²) in [4.78, 5) is 22.6. The molecule has 0 aliphatic rings. The number of hydrogen-bond donors (Lipinski definition) is 0. The van der Waals surface area contributed by atoms with Gasteiger partial charge in [0.05, 0.1) is 12.2 Å². The highest BCUT2D eigenvalue weighted by molar-refractivity contribution is 6.06. The molecule has 0 fully saturated rings. The molecule has 0 aromatic heterocycles. The lowest BCUT2D eigenvalue weighted by Crippen LogP contribution is -2.13. The SMILES string of the molecule is CCCOC(=O)CC(=O)c1cc(F)ccc1F. The highest BCUT2D eigenvalue weighted by atomic mass is 19.1. The summed E-state index contributed by atoms with van der Waals surface area (Å²) in [6.07, 6.45) is 0.0502. The number of ether oxygens (including phenoxy) is 1. The molecular formula is C12H12F2O3. The Labute approximate surface area is 97.4 Å². The molecule has 1 aromatic rings. The number of carbonyl (C=O) groups is 2. The Balaban J connectivity index is 2.69. The summed E-state index contributed by atoms with van der Waals surface area (Å²) in [6.45, 7) is 2.01. The minimum atomic E-state index is -0.848. The predicted molar refractivity (Wildman–Crippen MR) is 56.6 cm³/mol. The molecule has 0 spiro atoms. The van der Waals surface area contributed by atoms with Crippen LogP contribution in [0.1, 0.15) is 30.1 Å². The smallest absolute Gasteiger partial charge is 0.313 e. The zero-order valence-electron chi connectivity index (χ0n) is 9.33. The first-order chi connectivity index (χ1) is 8.04. The van der Waals surface area contributed by atoms with Crippen LogP contribution in [0, 0.1) is 11.6 Å². The lowest BCUT2D eigenvalue weighted by atomic mass is 10.1. The van der Waals surface area contributed by atoms with Gasteiger partial charge in [-0.15, -0.1) is 0 Å². The van der Waals surface area contributed by atoms with E-state index >= 15 is 0 Å². The maximum absolute atomic E-state index is 13.2. The molecule has 0 atom stereocenters. The molecule has 0 radical (unpaired) electrons. The molecule has 0 aliphatic heterocycles. The van der Waals surface area contributed by atoms with Crippen LogP contribution >= 0.6 is 0 Å². The van der Waals surface area contributed by atoms with Gasteiger partial charge in [-0.2, -0.15) is 0 Å². The second-order valence-electron chi connectivity index (χ2n) is 3.44. The maximum Gasteiger partial charge on any atom is 0.313 e. The minimum Gasteiger partial charge on any atom is -0.465 e. The monoisotopic (exact) mass is 242 g/mol. The number of benzene rings is 1. The number of ketones is 1. The number of hydrogen-bond acceptors (Lipinski definition) is 3. The van der Waals surface area contributed by atoms with Crippen LogP contribution in [0.5, 0.6) is 0 Å². The van der Waals surface area contributed by atoms with Gasteiger partial charge >= 0.3 is 5.97 Å². The zero-order valence-corrected chi connectivity index (χ0v) is 9.33. The van der Waals surface area contributed by atoms with E-state index in [1.807, 2.05) is 0 Å². The molecular weight excluding hydrogens is 230 g/mol. The standard InChI is InChI=1S/C12H12F2O3/c1-2-5-17-12(16)7-11(15)9-6-8(13)3-4-10(9)14/h3-4,6H,2,5,7H2,1H3. The molecule has 1 rings (SSSR count). The van der Waals surface area contributed by atoms with Gasteiger partial charge in [0.25, 0.3) is 0 Å². The van der Waals surface area contributed by atoms with E-state index in [0.29, 0.717) is 6.42 Å². The van der Waals surface area contributed by atoms with Crippen molar-refractivity contribution in [3.8, 4) is 0 Å². The van der Waals surface area contributed by atoms with Gasteiger partial charge in [0, 0.05) is 0 Å². The van der Waals surface area contributed by atoms with Crippen LogP contribution < -0.4 is 0 Å². The molecule has 0 bridgehead atoms. The molecule has 17 heavy (non-hydrogen) atoms. The molecule has 0 aliphatic carbocycles. The quantitative estimate of drug-likeness (QED) is 0.452. The van der Waals surface area contributed by atoms with Crippen LogP contribution in [0.25, 0.3) is 0 Å². The van der Waals surface area contributed by atoms with E-state index in [9.17, 15) is 18.4 Å². The number of carbonyl (C=O) groups excluding carboxylic acids is 2. The normalized spacial score (nSPS) is 10.1. The van der Waals surface area contributed by atoms with Crippen molar-refractivity contribution >= 4 is 11.8 Å². The van der Waals surface area contributed by atoms with Gasteiger partial charge in [0.2, 0.25) is 0 Å². The highest BCUT2D eigenvalue weighted by Crippen LogP contribution is 2.12. The Morgan fingerprint density at radius 3 is 2.65 bits per heavy atom. The Hall–Kier alpha value is -1.78. The number of rotatable bonds is 5. The van der Waals surface area contributed by atoms with Gasteiger partial charge in [-0.3, -0.25) is 9.59 Å². The van der Waals surface area contributed by atoms with Crippen molar-refractivity contribution in [2.75, 3.05) is 6.61 Å². The van der Waals surface area contributed by atoms with Crippen LogP contribution in [0.15, 0.2) is 18.2 Å². The van der Waals surface area contributed by atoms with Crippen molar-refractivity contribution in [1.82, 2.24) is 0 Å². The predicted octanol–water partition coefficient (Wildman–Crippen LogP) is 2.49. The average molecular weight is 242 g/mol. The third kappa shape index (κ3) is 3.94. The largest absolute Gasteiger partial charge is 0.465 e. The third-order valence-electron chi connectivity index (χ3n) is 2.00. The first-order valence-electron chi connectivity index (χ1n) is 5.18. The fourth-order valence-electron chi connectivity index (χ4n) is 1.20. The molecule has 92 valence electrons. The summed E-state index contributed by atoms with van der Waals surface area (Å²) < 4.78 is 30.7. The molecule has 0 heterocycles. The summed E-state index contributed by atoms with van der Waals surface area (Å²) in [6, 6.07) is 2.52. The fourth-order valence-corrected chi connectivity index (χ4v) is 1.20. The average Bonchev–Trinajstić information content (AvgIpc) is 2.29. The van der Waals surface area contributed by atoms with Crippen molar-refractivity contribution in [3.05, 3.63) is 35.4 Å². The molecule has 3 nitrogen and oxygen atoms in total. The summed E-state index contributed by atoms with van der Waals surface area (Å²) in [7, 11) is 0. The molecule has 0 saturated heterocycles. The van der Waals surface area contributed by atoms with Crippen molar-refractivity contribution in [3.63, 3.8) is 0 Å². The van der Waals surface area contributed by atoms with Gasteiger partial charge in [-0.05, 0) is 24.6 Å². The van der Waals surface area contributed by atoms with E-state index in [1.165, 1.54) is 0 Å². The van der Waals surface area contributed by atoms with E-state index in [2.05, 4.69) is 4.74 Å². The number of halogens is 2. The highest BCUT2D eigenvalue weighted by Gasteiger charge is 2.17. The molecule has 0 N–H and O–H groups in total. The molecule has 0 saturated carbocycles. The summed E-state index contributed by atoms with van der Waals surface area (Å²) in [5.41, 5.74) is -0.432. The fraction of sp³-hybridized carbons (Fsp3) is 0.333. The van der Waals surface area contributed by atoms with Gasteiger partial charge in [0.15, 0.2) is 5.78 Å².